The van der Waals surface area contributed by atoms with Gasteiger partial charge in [-0.15, -0.1) is 0 Å². The average molecular weight is 293 g/mol. The molecule has 2 aromatic heterocycles. The fourth-order valence-electron chi connectivity index (χ4n) is 2.30. The summed E-state index contributed by atoms with van der Waals surface area (Å²) in [5.41, 5.74) is 1.69. The molecule has 0 unspecified atom stereocenters. The Morgan fingerprint density at radius 2 is 1.91 bits per heavy atom. The topological polar surface area (TPSA) is 74.8 Å². The molecule has 2 N–H and O–H groups in total. The number of rotatable bonds is 4. The molecule has 22 heavy (non-hydrogen) atoms. The number of carbonyl (C=O) groups is 1. The number of nitrogens with zero attached hydrogens (tertiary/aromatic N) is 1. The highest BCUT2D eigenvalue weighted by Gasteiger charge is 2.12. The van der Waals surface area contributed by atoms with Crippen molar-refractivity contribution in [3.63, 3.8) is 0 Å². The number of para-hydroxylation sites is 1. The van der Waals surface area contributed by atoms with E-state index in [1.54, 1.807) is 24.5 Å². The third-order valence-electron chi connectivity index (χ3n) is 3.48. The lowest BCUT2D eigenvalue weighted by molar-refractivity contribution is 0.0953. The molecule has 0 saturated carbocycles. The summed E-state index contributed by atoms with van der Waals surface area (Å²) in [6.45, 7) is 0.467. The number of fused-ring (bicyclic) bond motifs is 1. The SMILES string of the molecule is O=C(NCCc1ccncc1)c1c[nH]c2ccccc2c1=O. The first-order valence-corrected chi connectivity index (χ1v) is 7.03. The number of benzene rings is 1. The van der Waals surface area contributed by atoms with Crippen LogP contribution in [0.15, 0.2) is 59.8 Å². The Morgan fingerprint density at radius 3 is 2.73 bits per heavy atom. The third-order valence-corrected chi connectivity index (χ3v) is 3.48. The van der Waals surface area contributed by atoms with Crippen LogP contribution in [0.5, 0.6) is 0 Å². The van der Waals surface area contributed by atoms with Gasteiger partial charge in [0.25, 0.3) is 5.91 Å². The predicted molar refractivity (Wildman–Crippen MR) is 84.8 cm³/mol. The standard InChI is InChI=1S/C17H15N3O2/c21-16-13-3-1-2-4-15(13)20-11-14(16)17(22)19-10-7-12-5-8-18-9-6-12/h1-6,8-9,11H,7,10H2,(H,19,22)(H,20,21). The van der Waals surface area contributed by atoms with Crippen molar-refractivity contribution in [1.82, 2.24) is 15.3 Å². The Bertz CT molecular complexity index is 856. The molecule has 5 heteroatoms. The predicted octanol–water partition coefficient (Wildman–Crippen LogP) is 1.90. The van der Waals surface area contributed by atoms with Gasteiger partial charge in [0.15, 0.2) is 0 Å². The van der Waals surface area contributed by atoms with E-state index in [9.17, 15) is 9.59 Å². The van der Waals surface area contributed by atoms with Crippen LogP contribution in [0.1, 0.15) is 15.9 Å². The molecule has 0 radical (unpaired) electrons. The fourth-order valence-corrected chi connectivity index (χ4v) is 2.30. The minimum Gasteiger partial charge on any atom is -0.360 e. The van der Waals surface area contributed by atoms with Crippen LogP contribution >= 0.6 is 0 Å². The minimum absolute atomic E-state index is 0.133. The number of hydrogen-bond donors (Lipinski definition) is 2. The van der Waals surface area contributed by atoms with E-state index in [-0.39, 0.29) is 16.9 Å². The van der Waals surface area contributed by atoms with E-state index < -0.39 is 0 Å². The maximum absolute atomic E-state index is 12.3. The number of hydrogen-bond acceptors (Lipinski definition) is 3. The summed E-state index contributed by atoms with van der Waals surface area (Å²) in [7, 11) is 0. The van der Waals surface area contributed by atoms with E-state index in [1.165, 1.54) is 6.20 Å². The van der Waals surface area contributed by atoms with E-state index in [1.807, 2.05) is 24.3 Å². The van der Waals surface area contributed by atoms with Gasteiger partial charge in [-0.25, -0.2) is 0 Å². The molecule has 110 valence electrons. The number of aromatic nitrogens is 2. The van der Waals surface area contributed by atoms with Crippen LogP contribution in [0, 0.1) is 0 Å². The van der Waals surface area contributed by atoms with Crippen LogP contribution in [-0.4, -0.2) is 22.4 Å². The van der Waals surface area contributed by atoms with Gasteiger partial charge in [0.05, 0.1) is 0 Å². The normalized spacial score (nSPS) is 10.5. The molecule has 0 atom stereocenters. The first-order valence-electron chi connectivity index (χ1n) is 7.03. The highest BCUT2D eigenvalue weighted by atomic mass is 16.2. The van der Waals surface area contributed by atoms with Crippen molar-refractivity contribution < 1.29 is 4.79 Å². The number of amides is 1. The van der Waals surface area contributed by atoms with Gasteiger partial charge in [-0.3, -0.25) is 14.6 Å². The molecule has 0 aliphatic carbocycles. The number of pyridine rings is 2. The molecule has 0 aliphatic heterocycles. The lowest BCUT2D eigenvalue weighted by Gasteiger charge is -2.06. The molecule has 3 rings (SSSR count). The number of carbonyl (C=O) groups excluding carboxylic acids is 1. The smallest absolute Gasteiger partial charge is 0.256 e. The molecule has 0 spiro atoms. The lowest BCUT2D eigenvalue weighted by Crippen LogP contribution is -2.30. The summed E-state index contributed by atoms with van der Waals surface area (Å²) in [5, 5.41) is 3.29. The van der Waals surface area contributed by atoms with E-state index in [2.05, 4.69) is 15.3 Å². The second kappa shape index (κ2) is 6.22. The quantitative estimate of drug-likeness (QED) is 0.771. The molecule has 0 saturated heterocycles. The summed E-state index contributed by atoms with van der Waals surface area (Å²) in [5.74, 6) is -0.360. The van der Waals surface area contributed by atoms with Gasteiger partial charge in [-0.1, -0.05) is 12.1 Å². The van der Waals surface area contributed by atoms with Crippen molar-refractivity contribution in [1.29, 1.82) is 0 Å². The monoisotopic (exact) mass is 293 g/mol. The van der Waals surface area contributed by atoms with Gasteiger partial charge >= 0.3 is 0 Å². The molecule has 0 aliphatic rings. The largest absolute Gasteiger partial charge is 0.360 e. The first kappa shape index (κ1) is 14.0. The van der Waals surface area contributed by atoms with Crippen LogP contribution in [0.4, 0.5) is 0 Å². The van der Waals surface area contributed by atoms with Crippen LogP contribution in [-0.2, 0) is 6.42 Å². The van der Waals surface area contributed by atoms with E-state index >= 15 is 0 Å². The molecule has 0 bridgehead atoms. The molecule has 1 amide bonds. The number of H-pyrrole nitrogens is 1. The fraction of sp³-hybridized carbons (Fsp3) is 0.118. The van der Waals surface area contributed by atoms with Crippen molar-refractivity contribution >= 4 is 16.8 Å². The summed E-state index contributed by atoms with van der Waals surface area (Å²) in [6.07, 6.45) is 5.59. The highest BCUT2D eigenvalue weighted by molar-refractivity contribution is 5.97. The summed E-state index contributed by atoms with van der Waals surface area (Å²) in [4.78, 5) is 31.4. The van der Waals surface area contributed by atoms with Crippen LogP contribution in [0.3, 0.4) is 0 Å². The molecular weight excluding hydrogens is 278 g/mol. The Kier molecular flexibility index (Phi) is 3.96. The van der Waals surface area contributed by atoms with Crippen molar-refractivity contribution in [2.24, 2.45) is 0 Å². The van der Waals surface area contributed by atoms with Crippen LogP contribution in [0.25, 0.3) is 10.9 Å². The van der Waals surface area contributed by atoms with Crippen molar-refractivity contribution in [3.8, 4) is 0 Å². The minimum atomic E-state index is -0.360. The summed E-state index contributed by atoms with van der Waals surface area (Å²) < 4.78 is 0. The maximum Gasteiger partial charge on any atom is 0.256 e. The summed E-state index contributed by atoms with van der Waals surface area (Å²) >= 11 is 0. The second-order valence-electron chi connectivity index (χ2n) is 4.94. The molecular formula is C17H15N3O2. The van der Waals surface area contributed by atoms with Crippen LogP contribution in [0.2, 0.25) is 0 Å². The Balaban J connectivity index is 1.73. The molecule has 1 aromatic carbocycles. The molecule has 3 aromatic rings. The van der Waals surface area contributed by atoms with E-state index in [0.717, 1.165) is 11.1 Å². The van der Waals surface area contributed by atoms with E-state index in [0.29, 0.717) is 18.4 Å². The van der Waals surface area contributed by atoms with Crippen LogP contribution < -0.4 is 10.7 Å². The first-order chi connectivity index (χ1) is 10.8. The van der Waals surface area contributed by atoms with Gasteiger partial charge in [0, 0.05) is 36.0 Å². The van der Waals surface area contributed by atoms with Gasteiger partial charge in [0.1, 0.15) is 5.56 Å². The Labute approximate surface area is 127 Å². The van der Waals surface area contributed by atoms with Crippen molar-refractivity contribution in [2.45, 2.75) is 6.42 Å². The lowest BCUT2D eigenvalue weighted by atomic mass is 10.1. The highest BCUT2D eigenvalue weighted by Crippen LogP contribution is 2.07. The van der Waals surface area contributed by atoms with Crippen molar-refractivity contribution in [3.05, 3.63) is 76.3 Å². The molecule has 0 fully saturated rings. The number of nitrogens with one attached hydrogen (secondary N) is 2. The zero-order chi connectivity index (χ0) is 15.4. The Hall–Kier alpha value is -2.95. The average Bonchev–Trinajstić information content (AvgIpc) is 2.56. The van der Waals surface area contributed by atoms with Gasteiger partial charge < -0.3 is 10.3 Å². The zero-order valence-corrected chi connectivity index (χ0v) is 11.9. The van der Waals surface area contributed by atoms with Gasteiger partial charge in [0.2, 0.25) is 5.43 Å². The third kappa shape index (κ3) is 2.88. The molecule has 2 heterocycles. The van der Waals surface area contributed by atoms with Gasteiger partial charge in [-0.2, -0.15) is 0 Å². The number of aromatic amines is 1. The summed E-state index contributed by atoms with van der Waals surface area (Å²) in [6, 6.07) is 10.9. The second-order valence-corrected chi connectivity index (χ2v) is 4.94. The van der Waals surface area contributed by atoms with Gasteiger partial charge in [-0.05, 0) is 36.2 Å². The van der Waals surface area contributed by atoms with E-state index in [4.69, 9.17) is 0 Å². The maximum atomic E-state index is 12.3. The Morgan fingerprint density at radius 1 is 1.14 bits per heavy atom. The molecule has 5 nitrogen and oxygen atoms in total. The van der Waals surface area contributed by atoms with Crippen molar-refractivity contribution in [2.75, 3.05) is 6.54 Å². The zero-order valence-electron chi connectivity index (χ0n) is 11.9.